The number of nitrogens with two attached hydrogens (primary N) is 1. The third-order valence-electron chi connectivity index (χ3n) is 3.85. The molecule has 0 radical (unpaired) electrons. The summed E-state index contributed by atoms with van der Waals surface area (Å²) in [5.74, 6) is 0.729. The average Bonchev–Trinajstić information content (AvgIpc) is 2.53. The molecule has 0 saturated heterocycles. The second kappa shape index (κ2) is 7.39. The fraction of sp³-hybridized carbons (Fsp3) is 0.350. The van der Waals surface area contributed by atoms with E-state index in [1.54, 1.807) is 12.1 Å². The van der Waals surface area contributed by atoms with Crippen molar-refractivity contribution in [3.8, 4) is 5.75 Å². The summed E-state index contributed by atoms with van der Waals surface area (Å²) in [5.41, 5.74) is 9.01. The lowest BCUT2D eigenvalue weighted by Crippen LogP contribution is -2.29. The maximum absolute atomic E-state index is 12.2. The van der Waals surface area contributed by atoms with E-state index in [2.05, 4.69) is 32.2 Å². The van der Waals surface area contributed by atoms with Gasteiger partial charge in [-0.05, 0) is 41.7 Å². The van der Waals surface area contributed by atoms with Crippen LogP contribution in [-0.2, 0) is 5.41 Å². The second-order valence-corrected chi connectivity index (χ2v) is 6.92. The SMILES string of the molecule is Cc1ccc(N)cc1C(=O)NCCOc1ccccc1C(C)(C)C. The number of benzene rings is 2. The minimum absolute atomic E-state index is 0.0124. The van der Waals surface area contributed by atoms with Crippen molar-refractivity contribution in [2.75, 3.05) is 18.9 Å². The van der Waals surface area contributed by atoms with Gasteiger partial charge in [0.15, 0.2) is 0 Å². The van der Waals surface area contributed by atoms with Crippen LogP contribution in [0.3, 0.4) is 0 Å². The quantitative estimate of drug-likeness (QED) is 0.651. The van der Waals surface area contributed by atoms with Crippen LogP contribution in [0.25, 0.3) is 0 Å². The summed E-state index contributed by atoms with van der Waals surface area (Å²) in [6.45, 7) is 9.20. The molecule has 4 nitrogen and oxygen atoms in total. The van der Waals surface area contributed by atoms with Crippen LogP contribution >= 0.6 is 0 Å². The molecule has 0 aromatic heterocycles. The molecule has 0 aliphatic heterocycles. The topological polar surface area (TPSA) is 64.4 Å². The molecule has 2 rings (SSSR count). The Bertz CT molecular complexity index is 718. The number of carbonyl (C=O) groups is 1. The minimum atomic E-state index is -0.132. The first-order valence-electron chi connectivity index (χ1n) is 8.15. The van der Waals surface area contributed by atoms with E-state index in [9.17, 15) is 4.79 Å². The van der Waals surface area contributed by atoms with Crippen LogP contribution in [0.4, 0.5) is 5.69 Å². The Morgan fingerprint density at radius 1 is 1.17 bits per heavy atom. The van der Waals surface area contributed by atoms with Crippen molar-refractivity contribution in [1.29, 1.82) is 0 Å². The molecule has 128 valence electrons. The number of rotatable bonds is 5. The predicted molar refractivity (Wildman–Crippen MR) is 98.6 cm³/mol. The molecule has 3 N–H and O–H groups in total. The van der Waals surface area contributed by atoms with Crippen molar-refractivity contribution in [2.45, 2.75) is 33.1 Å². The molecule has 0 fully saturated rings. The normalized spacial score (nSPS) is 11.2. The maximum Gasteiger partial charge on any atom is 0.251 e. The molecule has 0 aliphatic carbocycles. The predicted octanol–water partition coefficient (Wildman–Crippen LogP) is 3.68. The zero-order valence-electron chi connectivity index (χ0n) is 14.8. The van der Waals surface area contributed by atoms with Gasteiger partial charge in [0.2, 0.25) is 0 Å². The average molecular weight is 326 g/mol. The Morgan fingerprint density at radius 3 is 2.58 bits per heavy atom. The summed E-state index contributed by atoms with van der Waals surface area (Å²) < 4.78 is 5.86. The van der Waals surface area contributed by atoms with E-state index < -0.39 is 0 Å². The molecular weight excluding hydrogens is 300 g/mol. The third-order valence-corrected chi connectivity index (χ3v) is 3.85. The highest BCUT2D eigenvalue weighted by atomic mass is 16.5. The molecule has 4 heteroatoms. The highest BCUT2D eigenvalue weighted by Gasteiger charge is 2.18. The van der Waals surface area contributed by atoms with Gasteiger partial charge in [-0.3, -0.25) is 4.79 Å². The highest BCUT2D eigenvalue weighted by molar-refractivity contribution is 5.96. The van der Waals surface area contributed by atoms with Crippen LogP contribution in [0, 0.1) is 6.92 Å². The highest BCUT2D eigenvalue weighted by Crippen LogP contribution is 2.30. The molecule has 0 saturated carbocycles. The first-order valence-corrected chi connectivity index (χ1v) is 8.15. The lowest BCUT2D eigenvalue weighted by molar-refractivity contribution is 0.0946. The van der Waals surface area contributed by atoms with Crippen molar-refractivity contribution in [2.24, 2.45) is 0 Å². The molecule has 0 heterocycles. The molecule has 0 unspecified atom stereocenters. The zero-order chi connectivity index (χ0) is 17.7. The second-order valence-electron chi connectivity index (χ2n) is 6.92. The number of amides is 1. The molecule has 0 bridgehead atoms. The van der Waals surface area contributed by atoms with Gasteiger partial charge in [-0.1, -0.05) is 45.0 Å². The van der Waals surface area contributed by atoms with Crippen LogP contribution in [0.5, 0.6) is 5.75 Å². The number of anilines is 1. The zero-order valence-corrected chi connectivity index (χ0v) is 14.8. The fourth-order valence-electron chi connectivity index (χ4n) is 2.52. The molecule has 24 heavy (non-hydrogen) atoms. The largest absolute Gasteiger partial charge is 0.491 e. The summed E-state index contributed by atoms with van der Waals surface area (Å²) in [6, 6.07) is 13.3. The van der Waals surface area contributed by atoms with Crippen molar-refractivity contribution in [3.63, 3.8) is 0 Å². The fourth-order valence-corrected chi connectivity index (χ4v) is 2.52. The molecular formula is C20H26N2O2. The van der Waals surface area contributed by atoms with E-state index in [0.29, 0.717) is 24.4 Å². The molecule has 0 aliphatic rings. The van der Waals surface area contributed by atoms with Crippen molar-refractivity contribution >= 4 is 11.6 Å². The van der Waals surface area contributed by atoms with Crippen LogP contribution < -0.4 is 15.8 Å². The smallest absolute Gasteiger partial charge is 0.251 e. The van der Waals surface area contributed by atoms with Gasteiger partial charge in [0.25, 0.3) is 5.91 Å². The van der Waals surface area contributed by atoms with E-state index in [4.69, 9.17) is 10.5 Å². The summed E-state index contributed by atoms with van der Waals surface area (Å²) in [7, 11) is 0. The van der Waals surface area contributed by atoms with Crippen molar-refractivity contribution < 1.29 is 9.53 Å². The van der Waals surface area contributed by atoms with Crippen LogP contribution in [0.1, 0.15) is 42.3 Å². The summed E-state index contributed by atoms with van der Waals surface area (Å²) in [5, 5.41) is 2.88. The van der Waals surface area contributed by atoms with Crippen molar-refractivity contribution in [3.05, 3.63) is 59.2 Å². The first-order chi connectivity index (χ1) is 11.3. The van der Waals surface area contributed by atoms with E-state index in [-0.39, 0.29) is 11.3 Å². The number of hydrogen-bond donors (Lipinski definition) is 2. The Kier molecular flexibility index (Phi) is 5.50. The Balaban J connectivity index is 1.92. The summed E-state index contributed by atoms with van der Waals surface area (Å²) in [6.07, 6.45) is 0. The number of nitrogen functional groups attached to an aromatic ring is 1. The number of ether oxygens (including phenoxy) is 1. The summed E-state index contributed by atoms with van der Waals surface area (Å²) in [4.78, 5) is 12.2. The molecule has 0 atom stereocenters. The van der Waals surface area contributed by atoms with Gasteiger partial charge >= 0.3 is 0 Å². The monoisotopic (exact) mass is 326 g/mol. The van der Waals surface area contributed by atoms with E-state index >= 15 is 0 Å². The third kappa shape index (κ3) is 4.51. The lowest BCUT2D eigenvalue weighted by Gasteiger charge is -2.22. The minimum Gasteiger partial charge on any atom is -0.491 e. The lowest BCUT2D eigenvalue weighted by atomic mass is 9.86. The van der Waals surface area contributed by atoms with Crippen LogP contribution in [-0.4, -0.2) is 19.1 Å². The Labute approximate surface area is 144 Å². The molecule has 1 amide bonds. The van der Waals surface area contributed by atoms with Gasteiger partial charge in [-0.25, -0.2) is 0 Å². The summed E-state index contributed by atoms with van der Waals surface area (Å²) >= 11 is 0. The van der Waals surface area contributed by atoms with E-state index in [1.807, 2.05) is 31.2 Å². The number of aryl methyl sites for hydroxylation is 1. The van der Waals surface area contributed by atoms with Gasteiger partial charge in [0, 0.05) is 11.3 Å². The van der Waals surface area contributed by atoms with Gasteiger partial charge in [0.05, 0.1) is 6.54 Å². The Morgan fingerprint density at radius 2 is 1.88 bits per heavy atom. The number of hydrogen-bond acceptors (Lipinski definition) is 3. The van der Waals surface area contributed by atoms with Gasteiger partial charge < -0.3 is 15.8 Å². The number of nitrogens with one attached hydrogen (secondary N) is 1. The molecule has 2 aromatic carbocycles. The van der Waals surface area contributed by atoms with Crippen LogP contribution in [0.15, 0.2) is 42.5 Å². The maximum atomic E-state index is 12.2. The van der Waals surface area contributed by atoms with Gasteiger partial charge in [0.1, 0.15) is 12.4 Å². The molecule has 2 aromatic rings. The van der Waals surface area contributed by atoms with E-state index in [0.717, 1.165) is 16.9 Å². The van der Waals surface area contributed by atoms with Gasteiger partial charge in [-0.2, -0.15) is 0 Å². The molecule has 0 spiro atoms. The first kappa shape index (κ1) is 17.9. The standard InChI is InChI=1S/C20H26N2O2/c1-14-9-10-15(21)13-16(14)19(23)22-11-12-24-18-8-6-5-7-17(18)20(2,3)4/h5-10,13H,11-12,21H2,1-4H3,(H,22,23). The van der Waals surface area contributed by atoms with Crippen LogP contribution in [0.2, 0.25) is 0 Å². The van der Waals surface area contributed by atoms with Crippen molar-refractivity contribution in [1.82, 2.24) is 5.32 Å². The Hall–Kier alpha value is -2.49. The number of carbonyl (C=O) groups excluding carboxylic acids is 1. The number of para-hydroxylation sites is 1. The van der Waals surface area contributed by atoms with E-state index in [1.165, 1.54) is 0 Å². The van der Waals surface area contributed by atoms with Gasteiger partial charge in [-0.15, -0.1) is 0 Å².